The molecule has 1 atom stereocenters. The summed E-state index contributed by atoms with van der Waals surface area (Å²) in [4.78, 5) is 8.29. The molecule has 106 valence electrons. The fourth-order valence-corrected chi connectivity index (χ4v) is 2.98. The zero-order valence-corrected chi connectivity index (χ0v) is 12.4. The summed E-state index contributed by atoms with van der Waals surface area (Å²) in [5.74, 6) is 1.85. The smallest absolute Gasteiger partial charge is 0.107 e. The van der Waals surface area contributed by atoms with Crippen molar-refractivity contribution < 1.29 is 0 Å². The summed E-state index contributed by atoms with van der Waals surface area (Å²) in [6.07, 6.45) is 3.65. The number of hydrogen-bond donors (Lipinski definition) is 2. The Kier molecular flexibility index (Phi) is 3.88. The van der Waals surface area contributed by atoms with Gasteiger partial charge in [0.25, 0.3) is 0 Å². The van der Waals surface area contributed by atoms with Gasteiger partial charge in [-0.05, 0) is 45.7 Å². The monoisotopic (exact) mass is 269 g/mol. The highest BCUT2D eigenvalue weighted by atomic mass is 14.9. The van der Waals surface area contributed by atoms with Crippen molar-refractivity contribution >= 4 is 0 Å². The molecule has 2 aromatic rings. The zero-order chi connectivity index (χ0) is 13.9. The lowest BCUT2D eigenvalue weighted by molar-refractivity contribution is 0.371. The van der Waals surface area contributed by atoms with E-state index in [-0.39, 0.29) is 0 Å². The fraction of sp³-hybridized carbons (Fsp3) is 0.471. The fourth-order valence-electron chi connectivity index (χ4n) is 2.98. The van der Waals surface area contributed by atoms with Crippen LogP contribution in [0.4, 0.5) is 0 Å². The molecule has 1 aliphatic heterocycles. The third-order valence-electron chi connectivity index (χ3n) is 4.14. The Hall–Kier alpha value is -1.61. The van der Waals surface area contributed by atoms with Crippen LogP contribution in [0.25, 0.3) is 11.3 Å². The second-order valence-corrected chi connectivity index (χ2v) is 5.94. The molecule has 0 bridgehead atoms. The van der Waals surface area contributed by atoms with Crippen molar-refractivity contribution in [2.24, 2.45) is 5.92 Å². The molecule has 1 fully saturated rings. The van der Waals surface area contributed by atoms with Gasteiger partial charge in [0.15, 0.2) is 0 Å². The van der Waals surface area contributed by atoms with Gasteiger partial charge in [-0.1, -0.05) is 29.8 Å². The summed E-state index contributed by atoms with van der Waals surface area (Å²) >= 11 is 0. The minimum atomic E-state index is 0.722. The van der Waals surface area contributed by atoms with Crippen molar-refractivity contribution in [3.63, 3.8) is 0 Å². The normalized spacial score (nSPS) is 19.2. The number of nitrogens with one attached hydrogen (secondary N) is 2. The quantitative estimate of drug-likeness (QED) is 0.898. The van der Waals surface area contributed by atoms with Crippen LogP contribution >= 0.6 is 0 Å². The highest BCUT2D eigenvalue weighted by Gasteiger charge is 2.16. The van der Waals surface area contributed by atoms with E-state index in [1.165, 1.54) is 36.2 Å². The molecule has 0 saturated carbocycles. The maximum Gasteiger partial charge on any atom is 0.107 e. The second-order valence-electron chi connectivity index (χ2n) is 5.94. The lowest BCUT2D eigenvalue weighted by Gasteiger charge is -2.21. The van der Waals surface area contributed by atoms with Crippen molar-refractivity contribution in [2.75, 3.05) is 13.1 Å². The number of aryl methyl sites for hydroxylation is 2. The Morgan fingerprint density at radius 3 is 2.70 bits per heavy atom. The molecule has 3 nitrogen and oxygen atoms in total. The first-order valence-electron chi connectivity index (χ1n) is 7.55. The molecule has 0 spiro atoms. The van der Waals surface area contributed by atoms with Gasteiger partial charge in [0.05, 0.1) is 5.69 Å². The zero-order valence-electron chi connectivity index (χ0n) is 12.4. The highest BCUT2D eigenvalue weighted by molar-refractivity contribution is 5.62. The summed E-state index contributed by atoms with van der Waals surface area (Å²) in [6, 6.07) is 8.61. The molecule has 3 heteroatoms. The van der Waals surface area contributed by atoms with E-state index in [0.29, 0.717) is 0 Å². The van der Waals surface area contributed by atoms with Gasteiger partial charge in [0.1, 0.15) is 5.82 Å². The molecule has 2 heterocycles. The Labute approximate surface area is 120 Å². The summed E-state index contributed by atoms with van der Waals surface area (Å²) in [5.41, 5.74) is 4.77. The SMILES string of the molecule is Cc1ccc(-c2nc(CC3CCCNC3)[nH]c2C)cc1. The Morgan fingerprint density at radius 1 is 1.20 bits per heavy atom. The number of rotatable bonds is 3. The van der Waals surface area contributed by atoms with Gasteiger partial charge < -0.3 is 10.3 Å². The van der Waals surface area contributed by atoms with Crippen LogP contribution in [-0.2, 0) is 6.42 Å². The lowest BCUT2D eigenvalue weighted by Crippen LogP contribution is -2.31. The number of benzene rings is 1. The molecular formula is C17H23N3. The van der Waals surface area contributed by atoms with E-state index in [1.54, 1.807) is 0 Å². The predicted octanol–water partition coefficient (Wildman–Crippen LogP) is 3.24. The summed E-state index contributed by atoms with van der Waals surface area (Å²) in [5, 5.41) is 3.47. The van der Waals surface area contributed by atoms with Crippen molar-refractivity contribution in [2.45, 2.75) is 33.1 Å². The highest BCUT2D eigenvalue weighted by Crippen LogP contribution is 2.23. The number of nitrogens with zero attached hydrogens (tertiary/aromatic N) is 1. The van der Waals surface area contributed by atoms with Gasteiger partial charge in [0.2, 0.25) is 0 Å². The third-order valence-corrected chi connectivity index (χ3v) is 4.14. The second kappa shape index (κ2) is 5.80. The maximum absolute atomic E-state index is 4.82. The molecule has 1 aliphatic rings. The van der Waals surface area contributed by atoms with E-state index >= 15 is 0 Å². The first-order chi connectivity index (χ1) is 9.72. The lowest BCUT2D eigenvalue weighted by atomic mass is 9.96. The van der Waals surface area contributed by atoms with Gasteiger partial charge in [-0.3, -0.25) is 0 Å². The van der Waals surface area contributed by atoms with Gasteiger partial charge in [-0.2, -0.15) is 0 Å². The Bertz CT molecular complexity index is 562. The van der Waals surface area contributed by atoms with E-state index in [0.717, 1.165) is 30.4 Å². The first-order valence-corrected chi connectivity index (χ1v) is 7.55. The van der Waals surface area contributed by atoms with Crippen molar-refractivity contribution in [1.82, 2.24) is 15.3 Å². The van der Waals surface area contributed by atoms with Crippen LogP contribution in [0, 0.1) is 19.8 Å². The van der Waals surface area contributed by atoms with Crippen LogP contribution in [0.2, 0.25) is 0 Å². The molecule has 3 rings (SSSR count). The van der Waals surface area contributed by atoms with Gasteiger partial charge in [-0.15, -0.1) is 0 Å². The van der Waals surface area contributed by atoms with E-state index in [1.807, 2.05) is 0 Å². The average molecular weight is 269 g/mol. The van der Waals surface area contributed by atoms with Gasteiger partial charge >= 0.3 is 0 Å². The molecule has 0 radical (unpaired) electrons. The van der Waals surface area contributed by atoms with E-state index < -0.39 is 0 Å². The minimum absolute atomic E-state index is 0.722. The number of imidazole rings is 1. The van der Waals surface area contributed by atoms with Crippen LogP contribution < -0.4 is 5.32 Å². The number of H-pyrrole nitrogens is 1. The molecule has 0 amide bonds. The first kappa shape index (κ1) is 13.4. The van der Waals surface area contributed by atoms with Crippen LogP contribution in [0.5, 0.6) is 0 Å². The van der Waals surface area contributed by atoms with E-state index in [2.05, 4.69) is 48.4 Å². The maximum atomic E-state index is 4.82. The summed E-state index contributed by atoms with van der Waals surface area (Å²) < 4.78 is 0. The van der Waals surface area contributed by atoms with Gasteiger partial charge in [0, 0.05) is 17.7 Å². The summed E-state index contributed by atoms with van der Waals surface area (Å²) in [6.45, 7) is 6.52. The van der Waals surface area contributed by atoms with Gasteiger partial charge in [-0.25, -0.2) is 4.98 Å². The number of aromatic nitrogens is 2. The van der Waals surface area contributed by atoms with Crippen LogP contribution in [0.3, 0.4) is 0 Å². The molecule has 1 unspecified atom stereocenters. The van der Waals surface area contributed by atoms with E-state index in [4.69, 9.17) is 4.98 Å². The standard InChI is InChI=1S/C17H23N3/c1-12-5-7-15(8-6-12)17-13(2)19-16(20-17)10-14-4-3-9-18-11-14/h5-8,14,18H,3-4,9-11H2,1-2H3,(H,19,20). The number of aromatic amines is 1. The predicted molar refractivity (Wildman–Crippen MR) is 82.8 cm³/mol. The molecule has 0 aliphatic carbocycles. The number of piperidine rings is 1. The van der Waals surface area contributed by atoms with Crippen molar-refractivity contribution in [3.8, 4) is 11.3 Å². The molecule has 1 aromatic heterocycles. The molecule has 20 heavy (non-hydrogen) atoms. The molecule has 1 saturated heterocycles. The third kappa shape index (κ3) is 2.93. The van der Waals surface area contributed by atoms with E-state index in [9.17, 15) is 0 Å². The average Bonchev–Trinajstić information content (AvgIpc) is 2.81. The molecular weight excluding hydrogens is 246 g/mol. The molecule has 1 aromatic carbocycles. The number of hydrogen-bond acceptors (Lipinski definition) is 2. The minimum Gasteiger partial charge on any atom is -0.346 e. The topological polar surface area (TPSA) is 40.7 Å². The molecule has 2 N–H and O–H groups in total. The van der Waals surface area contributed by atoms with Crippen molar-refractivity contribution in [1.29, 1.82) is 0 Å². The summed E-state index contributed by atoms with van der Waals surface area (Å²) in [7, 11) is 0. The van der Waals surface area contributed by atoms with Crippen LogP contribution in [0.1, 0.15) is 29.9 Å². The largest absolute Gasteiger partial charge is 0.346 e. The Balaban J connectivity index is 1.78. The Morgan fingerprint density at radius 2 is 2.00 bits per heavy atom. The van der Waals surface area contributed by atoms with Crippen molar-refractivity contribution in [3.05, 3.63) is 41.3 Å². The van der Waals surface area contributed by atoms with Crippen LogP contribution in [0.15, 0.2) is 24.3 Å². The van der Waals surface area contributed by atoms with Crippen LogP contribution in [-0.4, -0.2) is 23.1 Å².